The maximum Gasteiger partial charge on any atom is 0.324 e. The van der Waals surface area contributed by atoms with Crippen LogP contribution in [0.1, 0.15) is 84.0 Å². The summed E-state index contributed by atoms with van der Waals surface area (Å²) in [5.74, 6) is -2.29. The van der Waals surface area contributed by atoms with Crippen molar-refractivity contribution in [1.82, 2.24) is 39.5 Å². The number of benzene rings is 1. The summed E-state index contributed by atoms with van der Waals surface area (Å²) in [6, 6.07) is 3.26. The fourth-order valence-electron chi connectivity index (χ4n) is 9.27. The predicted molar refractivity (Wildman–Crippen MR) is 252 cm³/mol. The lowest BCUT2D eigenvalue weighted by molar-refractivity contribution is -0.155. The largest absolute Gasteiger partial charge is 0.464 e. The first-order chi connectivity index (χ1) is 31.0. The van der Waals surface area contributed by atoms with Crippen LogP contribution >= 0.6 is 11.5 Å². The van der Waals surface area contributed by atoms with Gasteiger partial charge in [0.2, 0.25) is 17.7 Å². The molecule has 0 unspecified atom stereocenters. The van der Waals surface area contributed by atoms with Crippen molar-refractivity contribution in [2.45, 2.75) is 111 Å². The number of cyclic esters (lactones) is 1. The number of ether oxygens (including phenoxy) is 2. The molecule has 0 radical (unpaired) electrons. The van der Waals surface area contributed by atoms with E-state index < -0.39 is 47.2 Å². The molecule has 6 bridgehead atoms. The second-order valence-corrected chi connectivity index (χ2v) is 19.1. The van der Waals surface area contributed by atoms with E-state index >= 15 is 0 Å². The molecule has 5 heterocycles. The van der Waals surface area contributed by atoms with E-state index in [0.29, 0.717) is 56.1 Å². The minimum atomic E-state index is -1.13. The molecule has 17 heteroatoms. The predicted octanol–water partition coefficient (Wildman–Crippen LogP) is 5.37. The second kappa shape index (κ2) is 20.8. The molecule has 2 saturated heterocycles. The number of hydrogen-bond donors (Lipinski definition) is 2. The molecule has 2 N–H and O–H groups in total. The molecule has 350 valence electrons. The molecule has 2 aromatic heterocycles. The van der Waals surface area contributed by atoms with Crippen molar-refractivity contribution in [1.29, 1.82) is 0 Å². The molecular weight excluding hydrogens is 847 g/mol. The number of hydrazine groups is 1. The number of hydrogen-bond acceptors (Lipinski definition) is 12. The topological polar surface area (TPSA) is 181 Å². The second-order valence-electron chi connectivity index (χ2n) is 18.2. The maximum absolute atomic E-state index is 14.6. The zero-order chi connectivity index (χ0) is 47.3. The monoisotopic (exact) mass is 911 g/mol. The number of methoxy groups -OCH3 is 1. The molecule has 1 aromatic carbocycles. The summed E-state index contributed by atoms with van der Waals surface area (Å²) in [5.41, 5.74) is 7.85. The van der Waals surface area contributed by atoms with Crippen LogP contribution in [0.3, 0.4) is 0 Å². The Hall–Kier alpha value is -5.52. The summed E-state index contributed by atoms with van der Waals surface area (Å²) < 4.78 is 18.9. The average molecular weight is 912 g/mol. The molecule has 16 nitrogen and oxygen atoms in total. The highest BCUT2D eigenvalue weighted by atomic mass is 32.1. The smallest absolute Gasteiger partial charge is 0.324 e. The lowest BCUT2D eigenvalue weighted by Gasteiger charge is -2.36. The quantitative estimate of drug-likeness (QED) is 0.104. The Morgan fingerprint density at radius 1 is 1.15 bits per heavy atom. The van der Waals surface area contributed by atoms with Gasteiger partial charge in [0.05, 0.1) is 30.0 Å². The van der Waals surface area contributed by atoms with E-state index in [-0.39, 0.29) is 43.4 Å². The third kappa shape index (κ3) is 10.5. The Morgan fingerprint density at radius 2 is 1.91 bits per heavy atom. The number of aryl methyl sites for hydroxylation is 1. The van der Waals surface area contributed by atoms with Crippen LogP contribution in [0.5, 0.6) is 0 Å². The Kier molecular flexibility index (Phi) is 15.6. The fourth-order valence-corrected chi connectivity index (χ4v) is 9.98. The van der Waals surface area contributed by atoms with Crippen molar-refractivity contribution in [2.75, 3.05) is 40.4 Å². The standard InChI is InChI=1S/C48H65N9O7S/c1-12-32(40(49-14-3)29(7)63-11)42-34-25-48(8,9)27-64-47(62)35-17-16-21-57(52-35)46(61)36(24-38-51-43(53-65-38)30-18-19-37(33(34)23-30)56(42)15-4)50-44(59)41(28(5)6)54(10)45(60)31-20-22-55(26-31)39(58)13-2/h12-14,18-19,23,28-29,31,35-36,41,52H,1-2,15-17,20-22,24-27H2,3-11H3,(H,50,59)/b40-32+,49-14?/t29-,31-,35-,36-,41-/m0/s1. The van der Waals surface area contributed by atoms with E-state index in [1.807, 2.05) is 39.8 Å². The number of likely N-dealkylation sites (N-methyl/N-ethyl adjacent to an activating group) is 1. The number of carbonyl (C=O) groups is 5. The summed E-state index contributed by atoms with van der Waals surface area (Å²) >= 11 is 1.15. The van der Waals surface area contributed by atoms with Crippen LogP contribution < -0.4 is 10.7 Å². The summed E-state index contributed by atoms with van der Waals surface area (Å²) in [6.45, 7) is 23.2. The highest BCUT2D eigenvalue weighted by Gasteiger charge is 2.40. The van der Waals surface area contributed by atoms with Crippen molar-refractivity contribution in [3.8, 4) is 11.4 Å². The zero-order valence-corrected chi connectivity index (χ0v) is 40.1. The number of rotatable bonds is 12. The van der Waals surface area contributed by atoms with Gasteiger partial charge in [-0.25, -0.2) is 10.4 Å². The number of amides is 4. The van der Waals surface area contributed by atoms with Gasteiger partial charge < -0.3 is 29.2 Å². The first kappa shape index (κ1) is 48.9. The number of nitrogens with zero attached hydrogens (tertiary/aromatic N) is 7. The Morgan fingerprint density at radius 3 is 2.57 bits per heavy atom. The summed E-state index contributed by atoms with van der Waals surface area (Å²) in [6.07, 6.45) is 6.43. The average Bonchev–Trinajstić information content (AvgIpc) is 4.05. The molecule has 0 saturated carbocycles. The van der Waals surface area contributed by atoms with Crippen molar-refractivity contribution >= 4 is 63.8 Å². The molecule has 4 amide bonds. The Balaban J connectivity index is 1.42. The van der Waals surface area contributed by atoms with Crippen molar-refractivity contribution < 1.29 is 33.4 Å². The van der Waals surface area contributed by atoms with Crippen LogP contribution in [0, 0.1) is 17.3 Å². The van der Waals surface area contributed by atoms with E-state index in [4.69, 9.17) is 23.8 Å². The van der Waals surface area contributed by atoms with E-state index in [0.717, 1.165) is 50.5 Å². The van der Waals surface area contributed by atoms with Gasteiger partial charge >= 0.3 is 5.97 Å². The summed E-state index contributed by atoms with van der Waals surface area (Å²) in [5, 5.41) is 5.86. The number of fused-ring (bicyclic) bond motifs is 6. The van der Waals surface area contributed by atoms with Gasteiger partial charge in [0.1, 0.15) is 23.1 Å². The van der Waals surface area contributed by atoms with Crippen LogP contribution in [0.2, 0.25) is 0 Å². The Labute approximate surface area is 386 Å². The molecule has 2 fully saturated rings. The number of aromatic nitrogens is 3. The van der Waals surface area contributed by atoms with E-state index in [2.05, 4.69) is 61.4 Å². The highest BCUT2D eigenvalue weighted by Crippen LogP contribution is 2.40. The van der Waals surface area contributed by atoms with Crippen LogP contribution in [0.15, 0.2) is 54.2 Å². The molecule has 65 heavy (non-hydrogen) atoms. The Bertz CT molecular complexity index is 2380. The highest BCUT2D eigenvalue weighted by molar-refractivity contribution is 7.05. The summed E-state index contributed by atoms with van der Waals surface area (Å²) in [7, 11) is 3.24. The van der Waals surface area contributed by atoms with Gasteiger partial charge in [0, 0.05) is 80.4 Å². The lowest BCUT2D eigenvalue weighted by Crippen LogP contribution is -2.62. The molecule has 6 rings (SSSR count). The van der Waals surface area contributed by atoms with Gasteiger partial charge in [0.25, 0.3) is 5.91 Å². The molecule has 0 aliphatic carbocycles. The fraction of sp³-hybridized carbons (Fsp3) is 0.542. The molecular formula is C48H65N9O7S. The number of esters is 1. The normalized spacial score (nSPS) is 21.7. The van der Waals surface area contributed by atoms with Gasteiger partial charge in [0.15, 0.2) is 5.82 Å². The first-order valence-electron chi connectivity index (χ1n) is 22.6. The van der Waals surface area contributed by atoms with Gasteiger partial charge in [-0.3, -0.25) is 34.0 Å². The number of nitrogens with one attached hydrogen (secondary N) is 2. The van der Waals surface area contributed by atoms with Gasteiger partial charge in [-0.05, 0) is 93.7 Å². The van der Waals surface area contributed by atoms with Gasteiger partial charge in [-0.2, -0.15) is 4.37 Å². The molecule has 3 aliphatic heterocycles. The van der Waals surface area contributed by atoms with Crippen LogP contribution in [-0.4, -0.2) is 129 Å². The molecule has 3 aromatic rings. The number of carbonyl (C=O) groups excluding carboxylic acids is 5. The minimum absolute atomic E-state index is 0.00317. The third-order valence-electron chi connectivity index (χ3n) is 12.6. The maximum atomic E-state index is 14.6. The molecule has 3 aliphatic rings. The van der Waals surface area contributed by atoms with Crippen LogP contribution in [0.25, 0.3) is 27.9 Å². The molecule has 5 atom stereocenters. The van der Waals surface area contributed by atoms with Crippen LogP contribution in [-0.2, 0) is 52.8 Å². The van der Waals surface area contributed by atoms with E-state index in [1.165, 1.54) is 16.0 Å². The third-order valence-corrected chi connectivity index (χ3v) is 13.4. The summed E-state index contributed by atoms with van der Waals surface area (Å²) in [4.78, 5) is 81.8. The number of likely N-dealkylation sites (tertiary alicyclic amines) is 1. The number of allylic oxidation sites excluding steroid dienone is 2. The van der Waals surface area contributed by atoms with Gasteiger partial charge in [-0.15, -0.1) is 0 Å². The van der Waals surface area contributed by atoms with E-state index in [1.54, 1.807) is 25.3 Å². The molecule has 0 spiro atoms. The number of aliphatic imine (C=N–C) groups is 1. The van der Waals surface area contributed by atoms with Crippen LogP contribution in [0.4, 0.5) is 0 Å². The lowest BCUT2D eigenvalue weighted by atomic mass is 9.84. The van der Waals surface area contributed by atoms with Crippen molar-refractivity contribution in [3.63, 3.8) is 0 Å². The minimum Gasteiger partial charge on any atom is -0.464 e. The van der Waals surface area contributed by atoms with Crippen molar-refractivity contribution in [3.05, 3.63) is 65.5 Å². The first-order valence-corrected chi connectivity index (χ1v) is 23.3. The van der Waals surface area contributed by atoms with Gasteiger partial charge in [-0.1, -0.05) is 46.9 Å². The zero-order valence-electron chi connectivity index (χ0n) is 39.3. The van der Waals surface area contributed by atoms with E-state index in [9.17, 15) is 24.0 Å². The SMILES string of the molecule is C=CC(=O)N1CC[C@H](C(=O)N(C)[C@H](C(=O)N[C@H]2Cc3nc(ns3)-c3ccc4c(c3)c(c(/C(C=C)=C(/N=CC)[C@H](C)OC)n4CC)CC(C)(C)COC(=O)[C@@H]3CCCN(N3)C2=O)C(C)C)C1. The van der Waals surface area contributed by atoms with Crippen molar-refractivity contribution in [2.24, 2.45) is 22.2 Å².